The number of amides is 1. The number of ether oxygens (including phenoxy) is 1. The second kappa shape index (κ2) is 6.52. The molecule has 0 fully saturated rings. The highest BCUT2D eigenvalue weighted by molar-refractivity contribution is 6.04. The number of carbonyl (C=O) groups excluding carboxylic acids is 1. The number of aromatic nitrogens is 1. The Labute approximate surface area is 172 Å². The number of hydrogen-bond acceptors (Lipinski definition) is 4. The van der Waals surface area contributed by atoms with Gasteiger partial charge in [-0.25, -0.2) is 13.8 Å². The highest BCUT2D eigenvalue weighted by atomic mass is 19.1. The molecule has 3 heterocycles. The summed E-state index contributed by atoms with van der Waals surface area (Å²) in [6.45, 7) is 5.02. The molecule has 2 N–H and O–H groups in total. The zero-order valence-corrected chi connectivity index (χ0v) is 16.5. The van der Waals surface area contributed by atoms with Gasteiger partial charge < -0.3 is 15.4 Å². The first-order chi connectivity index (χ1) is 14.3. The quantitative estimate of drug-likeness (QED) is 0.662. The van der Waals surface area contributed by atoms with Crippen molar-refractivity contribution in [3.05, 3.63) is 70.9 Å². The molecule has 30 heavy (non-hydrogen) atoms. The highest BCUT2D eigenvalue weighted by Crippen LogP contribution is 2.41. The van der Waals surface area contributed by atoms with Gasteiger partial charge in [0, 0.05) is 22.7 Å². The Morgan fingerprint density at radius 1 is 1.10 bits per heavy atom. The molecule has 0 unspecified atom stereocenters. The first-order valence-electron chi connectivity index (χ1n) is 9.64. The first-order valence-corrected chi connectivity index (χ1v) is 9.64. The molecule has 0 spiro atoms. The molecule has 0 saturated carbocycles. The number of rotatable bonds is 3. The molecule has 0 bridgehead atoms. The monoisotopic (exact) mass is 407 g/mol. The van der Waals surface area contributed by atoms with Crippen LogP contribution in [0, 0.1) is 11.6 Å². The fourth-order valence-corrected chi connectivity index (χ4v) is 3.97. The van der Waals surface area contributed by atoms with E-state index < -0.39 is 11.6 Å². The lowest BCUT2D eigenvalue weighted by molar-refractivity contribution is 0.0966. The minimum absolute atomic E-state index is 0.0683. The van der Waals surface area contributed by atoms with E-state index in [1.807, 2.05) is 18.2 Å². The van der Waals surface area contributed by atoms with Crippen molar-refractivity contribution < 1.29 is 18.3 Å². The molecule has 3 aromatic rings. The number of halogens is 2. The summed E-state index contributed by atoms with van der Waals surface area (Å²) < 4.78 is 34.5. The summed E-state index contributed by atoms with van der Waals surface area (Å²) in [5.41, 5.74) is 2.91. The van der Waals surface area contributed by atoms with E-state index in [0.717, 1.165) is 11.3 Å². The maximum Gasteiger partial charge on any atom is 0.255 e. The SMILES string of the molecule is CC1(C)COc2cc(Nc3cc(-c4c(F)cccc4F)nc4c3C(=O)NC4)ccc21. The van der Waals surface area contributed by atoms with Crippen LogP contribution < -0.4 is 15.4 Å². The smallest absolute Gasteiger partial charge is 0.255 e. The fraction of sp³-hybridized carbons (Fsp3) is 0.217. The lowest BCUT2D eigenvalue weighted by Gasteiger charge is -2.16. The van der Waals surface area contributed by atoms with Crippen molar-refractivity contribution in [2.45, 2.75) is 25.8 Å². The van der Waals surface area contributed by atoms with Gasteiger partial charge in [-0.3, -0.25) is 4.79 Å². The van der Waals surface area contributed by atoms with E-state index in [-0.39, 0.29) is 29.1 Å². The van der Waals surface area contributed by atoms with E-state index in [2.05, 4.69) is 29.5 Å². The number of pyridine rings is 1. The predicted molar refractivity (Wildman–Crippen MR) is 109 cm³/mol. The third-order valence-corrected chi connectivity index (χ3v) is 5.54. The topological polar surface area (TPSA) is 63.2 Å². The van der Waals surface area contributed by atoms with Crippen molar-refractivity contribution in [2.24, 2.45) is 0 Å². The molecule has 0 saturated heterocycles. The molecule has 2 aromatic carbocycles. The van der Waals surface area contributed by atoms with Crippen LogP contribution in [0.1, 0.15) is 35.5 Å². The van der Waals surface area contributed by atoms with E-state index in [1.165, 1.54) is 24.3 Å². The summed E-state index contributed by atoms with van der Waals surface area (Å²) in [6, 6.07) is 10.9. The summed E-state index contributed by atoms with van der Waals surface area (Å²) in [4.78, 5) is 16.7. The molecule has 2 aliphatic rings. The number of anilines is 2. The zero-order valence-electron chi connectivity index (χ0n) is 16.5. The van der Waals surface area contributed by atoms with Gasteiger partial charge in [0.15, 0.2) is 0 Å². The molecule has 0 atom stereocenters. The van der Waals surface area contributed by atoms with Crippen LogP contribution in [0.15, 0.2) is 42.5 Å². The van der Waals surface area contributed by atoms with Gasteiger partial charge in [0.05, 0.1) is 41.4 Å². The Kier molecular flexibility index (Phi) is 4.03. The molecule has 2 aliphatic heterocycles. The normalized spacial score (nSPS) is 15.9. The van der Waals surface area contributed by atoms with Crippen LogP contribution in [0.5, 0.6) is 5.75 Å². The minimum atomic E-state index is -0.709. The van der Waals surface area contributed by atoms with E-state index >= 15 is 0 Å². The zero-order chi connectivity index (χ0) is 21.0. The van der Waals surface area contributed by atoms with Crippen molar-refractivity contribution in [3.8, 4) is 17.0 Å². The Morgan fingerprint density at radius 3 is 2.63 bits per heavy atom. The number of benzene rings is 2. The van der Waals surface area contributed by atoms with E-state index in [9.17, 15) is 13.6 Å². The van der Waals surface area contributed by atoms with Crippen LogP contribution in [0.3, 0.4) is 0 Å². The summed E-state index contributed by atoms with van der Waals surface area (Å²) >= 11 is 0. The number of nitrogens with zero attached hydrogens (tertiary/aromatic N) is 1. The molecule has 5 rings (SSSR count). The summed E-state index contributed by atoms with van der Waals surface area (Å²) in [5, 5.41) is 5.93. The van der Waals surface area contributed by atoms with Crippen LogP contribution in [-0.4, -0.2) is 17.5 Å². The molecule has 1 aromatic heterocycles. The van der Waals surface area contributed by atoms with Crippen LogP contribution in [-0.2, 0) is 12.0 Å². The fourth-order valence-electron chi connectivity index (χ4n) is 3.97. The van der Waals surface area contributed by atoms with Gasteiger partial charge in [0.25, 0.3) is 5.91 Å². The number of nitrogens with one attached hydrogen (secondary N) is 2. The number of fused-ring (bicyclic) bond motifs is 2. The van der Waals surface area contributed by atoms with Gasteiger partial charge in [0.2, 0.25) is 0 Å². The Balaban J connectivity index is 1.60. The summed E-state index contributed by atoms with van der Waals surface area (Å²) in [6.07, 6.45) is 0. The van der Waals surface area contributed by atoms with E-state index in [0.29, 0.717) is 29.2 Å². The van der Waals surface area contributed by atoms with Crippen LogP contribution in [0.2, 0.25) is 0 Å². The average Bonchev–Trinajstić information content (AvgIpc) is 3.21. The number of hydrogen-bond donors (Lipinski definition) is 2. The average molecular weight is 407 g/mol. The van der Waals surface area contributed by atoms with Crippen LogP contribution >= 0.6 is 0 Å². The lowest BCUT2D eigenvalue weighted by atomic mass is 9.87. The molecule has 5 nitrogen and oxygen atoms in total. The van der Waals surface area contributed by atoms with Gasteiger partial charge >= 0.3 is 0 Å². The third-order valence-electron chi connectivity index (χ3n) is 5.54. The van der Waals surface area contributed by atoms with E-state index in [4.69, 9.17) is 4.74 Å². The summed E-state index contributed by atoms with van der Waals surface area (Å²) in [7, 11) is 0. The maximum atomic E-state index is 14.3. The second-order valence-electron chi connectivity index (χ2n) is 8.16. The van der Waals surface area contributed by atoms with Crippen molar-refractivity contribution in [1.29, 1.82) is 0 Å². The molecular weight excluding hydrogens is 388 g/mol. The van der Waals surface area contributed by atoms with Crippen molar-refractivity contribution in [1.82, 2.24) is 10.3 Å². The van der Waals surface area contributed by atoms with Gasteiger partial charge in [-0.05, 0) is 24.3 Å². The first kappa shape index (κ1) is 18.5. The Bertz CT molecular complexity index is 1190. The molecule has 0 aliphatic carbocycles. The van der Waals surface area contributed by atoms with Crippen molar-refractivity contribution in [3.63, 3.8) is 0 Å². The van der Waals surface area contributed by atoms with Gasteiger partial charge in [-0.2, -0.15) is 0 Å². The minimum Gasteiger partial charge on any atom is -0.492 e. The molecular formula is C23H19F2N3O2. The lowest BCUT2D eigenvalue weighted by Crippen LogP contribution is -2.18. The molecule has 0 radical (unpaired) electrons. The maximum absolute atomic E-state index is 14.3. The van der Waals surface area contributed by atoms with Gasteiger partial charge in [-0.1, -0.05) is 26.0 Å². The second-order valence-corrected chi connectivity index (χ2v) is 8.16. The highest BCUT2D eigenvalue weighted by Gasteiger charge is 2.32. The molecule has 152 valence electrons. The molecule has 7 heteroatoms. The molecule has 1 amide bonds. The standard InChI is InChI=1S/C23H19F2N3O2/c1-23(2)11-30-19-8-12(6-7-13(19)23)27-17-9-16(20-14(24)4-3-5-15(20)25)28-18-10-26-22(29)21(17)18/h3-9H,10-11H2,1-2H3,(H,26,29)(H,27,28). The third kappa shape index (κ3) is 2.89. The Hall–Kier alpha value is -3.48. The van der Waals surface area contributed by atoms with Crippen LogP contribution in [0.4, 0.5) is 20.2 Å². The van der Waals surface area contributed by atoms with Crippen LogP contribution in [0.25, 0.3) is 11.3 Å². The van der Waals surface area contributed by atoms with Gasteiger partial charge in [-0.15, -0.1) is 0 Å². The van der Waals surface area contributed by atoms with Gasteiger partial charge in [0.1, 0.15) is 17.4 Å². The van der Waals surface area contributed by atoms with E-state index in [1.54, 1.807) is 0 Å². The van der Waals surface area contributed by atoms with Crippen molar-refractivity contribution in [2.75, 3.05) is 11.9 Å². The summed E-state index contributed by atoms with van der Waals surface area (Å²) in [5.74, 6) is -0.919. The number of carbonyl (C=O) groups is 1. The van der Waals surface area contributed by atoms with Crippen molar-refractivity contribution >= 4 is 17.3 Å². The largest absolute Gasteiger partial charge is 0.492 e. The predicted octanol–water partition coefficient (Wildman–Crippen LogP) is 4.68. The Morgan fingerprint density at radius 2 is 1.87 bits per heavy atom.